The largest absolute Gasteiger partial charge is 0.382 e. The van der Waals surface area contributed by atoms with Crippen molar-refractivity contribution >= 4 is 39.2 Å². The zero-order valence-electron chi connectivity index (χ0n) is 5.41. The van der Waals surface area contributed by atoms with Crippen molar-refractivity contribution in [2.24, 2.45) is 0 Å². The first-order valence-corrected chi connectivity index (χ1v) is 4.09. The zero-order valence-corrected chi connectivity index (χ0v) is 6.99. The second kappa shape index (κ2) is 2.32. The second-order valence-electron chi connectivity index (χ2n) is 2.07. The van der Waals surface area contributed by atoms with E-state index in [9.17, 15) is 0 Å². The molecule has 2 aromatic heterocycles. The SMILES string of the molecule is Nc1nsc2ncc(Cl)cc12. The van der Waals surface area contributed by atoms with Crippen molar-refractivity contribution in [2.75, 3.05) is 5.73 Å². The van der Waals surface area contributed by atoms with Crippen LogP contribution in [0.1, 0.15) is 0 Å². The summed E-state index contributed by atoms with van der Waals surface area (Å²) in [5.74, 6) is 0.500. The fourth-order valence-corrected chi connectivity index (χ4v) is 1.63. The maximum Gasteiger partial charge on any atom is 0.146 e. The van der Waals surface area contributed by atoms with Gasteiger partial charge in [-0.1, -0.05) is 11.6 Å². The van der Waals surface area contributed by atoms with E-state index in [0.717, 1.165) is 10.2 Å². The Morgan fingerprint density at radius 3 is 3.18 bits per heavy atom. The summed E-state index contributed by atoms with van der Waals surface area (Å²) in [6, 6.07) is 1.77. The van der Waals surface area contributed by atoms with Gasteiger partial charge < -0.3 is 5.73 Å². The molecular formula is C6H4ClN3S. The Hall–Kier alpha value is -0.870. The molecule has 0 aromatic carbocycles. The normalized spacial score (nSPS) is 10.6. The summed E-state index contributed by atoms with van der Waals surface area (Å²) in [4.78, 5) is 4.87. The number of nitrogens with two attached hydrogens (primary N) is 1. The molecule has 0 bridgehead atoms. The highest BCUT2D eigenvalue weighted by atomic mass is 35.5. The van der Waals surface area contributed by atoms with Crippen LogP contribution in [0.5, 0.6) is 0 Å². The predicted molar refractivity (Wildman–Crippen MR) is 46.8 cm³/mol. The molecule has 11 heavy (non-hydrogen) atoms. The first-order valence-electron chi connectivity index (χ1n) is 2.94. The summed E-state index contributed by atoms with van der Waals surface area (Å²) in [7, 11) is 0. The number of fused-ring (bicyclic) bond motifs is 1. The van der Waals surface area contributed by atoms with Gasteiger partial charge in [0.1, 0.15) is 10.6 Å². The Kier molecular flexibility index (Phi) is 1.44. The van der Waals surface area contributed by atoms with E-state index in [4.69, 9.17) is 17.3 Å². The molecular weight excluding hydrogens is 182 g/mol. The van der Waals surface area contributed by atoms with Gasteiger partial charge in [-0.15, -0.1) is 0 Å². The van der Waals surface area contributed by atoms with Crippen LogP contribution in [0.25, 0.3) is 10.2 Å². The van der Waals surface area contributed by atoms with Gasteiger partial charge in [0.25, 0.3) is 0 Å². The van der Waals surface area contributed by atoms with Crippen LogP contribution >= 0.6 is 23.1 Å². The van der Waals surface area contributed by atoms with Gasteiger partial charge in [0.15, 0.2) is 0 Å². The lowest BCUT2D eigenvalue weighted by Gasteiger charge is -1.88. The standard InChI is InChI=1S/C6H4ClN3S/c7-3-1-4-5(8)10-11-6(4)9-2-3/h1-2H,(H2,8,10). The first kappa shape index (κ1) is 6.82. The van der Waals surface area contributed by atoms with Gasteiger partial charge in [0, 0.05) is 6.20 Å². The number of pyridine rings is 1. The minimum absolute atomic E-state index is 0.500. The van der Waals surface area contributed by atoms with E-state index in [-0.39, 0.29) is 0 Å². The minimum Gasteiger partial charge on any atom is -0.382 e. The maximum atomic E-state index is 5.71. The number of hydrogen-bond acceptors (Lipinski definition) is 4. The highest BCUT2D eigenvalue weighted by molar-refractivity contribution is 7.13. The Morgan fingerprint density at radius 2 is 2.36 bits per heavy atom. The van der Waals surface area contributed by atoms with Crippen molar-refractivity contribution in [1.82, 2.24) is 9.36 Å². The average Bonchev–Trinajstić information content (AvgIpc) is 2.33. The summed E-state index contributed by atoms with van der Waals surface area (Å²) in [6.45, 7) is 0. The maximum absolute atomic E-state index is 5.71. The number of hydrogen-bond donors (Lipinski definition) is 1. The van der Waals surface area contributed by atoms with Crippen molar-refractivity contribution in [3.8, 4) is 0 Å². The van der Waals surface area contributed by atoms with Crippen LogP contribution in [-0.4, -0.2) is 9.36 Å². The molecule has 0 aliphatic carbocycles. The van der Waals surface area contributed by atoms with E-state index < -0.39 is 0 Å². The van der Waals surface area contributed by atoms with Crippen molar-refractivity contribution in [1.29, 1.82) is 0 Å². The molecule has 0 atom stereocenters. The quantitative estimate of drug-likeness (QED) is 0.683. The molecule has 2 heterocycles. The summed E-state index contributed by atoms with van der Waals surface area (Å²) in [5, 5.41) is 1.42. The first-order chi connectivity index (χ1) is 5.27. The second-order valence-corrected chi connectivity index (χ2v) is 3.26. The molecule has 0 radical (unpaired) electrons. The summed E-state index contributed by atoms with van der Waals surface area (Å²) in [5.41, 5.74) is 5.55. The Morgan fingerprint density at radius 1 is 1.55 bits per heavy atom. The molecule has 0 aliphatic heterocycles. The molecule has 2 N–H and O–H groups in total. The van der Waals surface area contributed by atoms with Crippen molar-refractivity contribution < 1.29 is 0 Å². The van der Waals surface area contributed by atoms with E-state index in [1.165, 1.54) is 11.5 Å². The van der Waals surface area contributed by atoms with Crippen molar-refractivity contribution in [3.05, 3.63) is 17.3 Å². The summed E-state index contributed by atoms with van der Waals surface area (Å²) >= 11 is 6.98. The van der Waals surface area contributed by atoms with Crippen LogP contribution in [0, 0.1) is 0 Å². The van der Waals surface area contributed by atoms with Gasteiger partial charge in [-0.3, -0.25) is 0 Å². The van der Waals surface area contributed by atoms with Gasteiger partial charge in [0.05, 0.1) is 10.4 Å². The molecule has 0 unspecified atom stereocenters. The van der Waals surface area contributed by atoms with E-state index in [0.29, 0.717) is 10.8 Å². The molecule has 0 amide bonds. The Labute approximate surface area is 72.0 Å². The zero-order chi connectivity index (χ0) is 7.84. The lowest BCUT2D eigenvalue weighted by molar-refractivity contribution is 1.44. The average molecular weight is 186 g/mol. The number of halogens is 1. The Bertz CT molecular complexity index is 398. The number of nitrogens with zero attached hydrogens (tertiary/aromatic N) is 2. The highest BCUT2D eigenvalue weighted by Crippen LogP contribution is 2.24. The lowest BCUT2D eigenvalue weighted by atomic mass is 10.3. The van der Waals surface area contributed by atoms with Crippen molar-refractivity contribution in [2.45, 2.75) is 0 Å². The number of aromatic nitrogens is 2. The molecule has 0 fully saturated rings. The smallest absolute Gasteiger partial charge is 0.146 e. The van der Waals surface area contributed by atoms with E-state index in [2.05, 4.69) is 9.36 Å². The fourth-order valence-electron chi connectivity index (χ4n) is 0.825. The summed E-state index contributed by atoms with van der Waals surface area (Å²) < 4.78 is 3.94. The molecule has 0 spiro atoms. The third-order valence-electron chi connectivity index (χ3n) is 1.32. The number of rotatable bonds is 0. The summed E-state index contributed by atoms with van der Waals surface area (Å²) in [6.07, 6.45) is 1.58. The van der Waals surface area contributed by atoms with E-state index in [1.54, 1.807) is 12.3 Å². The molecule has 3 nitrogen and oxygen atoms in total. The van der Waals surface area contributed by atoms with Gasteiger partial charge >= 0.3 is 0 Å². The van der Waals surface area contributed by atoms with Crippen molar-refractivity contribution in [3.63, 3.8) is 0 Å². The molecule has 2 aromatic rings. The van der Waals surface area contributed by atoms with Gasteiger partial charge in [-0.05, 0) is 17.6 Å². The van der Waals surface area contributed by atoms with Crippen LogP contribution in [-0.2, 0) is 0 Å². The third-order valence-corrected chi connectivity index (χ3v) is 2.32. The minimum atomic E-state index is 0.500. The van der Waals surface area contributed by atoms with Crippen LogP contribution in [0.15, 0.2) is 12.3 Å². The number of nitrogen functional groups attached to an aromatic ring is 1. The van der Waals surface area contributed by atoms with Crippen LogP contribution in [0.3, 0.4) is 0 Å². The molecule has 0 saturated carbocycles. The topological polar surface area (TPSA) is 51.8 Å². The molecule has 5 heteroatoms. The highest BCUT2D eigenvalue weighted by Gasteiger charge is 2.02. The Balaban J connectivity index is 2.87. The van der Waals surface area contributed by atoms with E-state index >= 15 is 0 Å². The van der Waals surface area contributed by atoms with Gasteiger partial charge in [0.2, 0.25) is 0 Å². The van der Waals surface area contributed by atoms with Gasteiger partial charge in [-0.25, -0.2) is 4.98 Å². The molecule has 0 aliphatic rings. The third kappa shape index (κ3) is 1.04. The van der Waals surface area contributed by atoms with Crippen LogP contribution in [0.4, 0.5) is 5.82 Å². The predicted octanol–water partition coefficient (Wildman–Crippen LogP) is 1.93. The lowest BCUT2D eigenvalue weighted by Crippen LogP contribution is -1.83. The van der Waals surface area contributed by atoms with Crippen LogP contribution in [0.2, 0.25) is 5.02 Å². The molecule has 2 rings (SSSR count). The van der Waals surface area contributed by atoms with E-state index in [1.807, 2.05) is 0 Å². The fraction of sp³-hybridized carbons (Fsp3) is 0. The molecule has 56 valence electrons. The molecule has 0 saturated heterocycles. The monoisotopic (exact) mass is 185 g/mol. The number of anilines is 1. The van der Waals surface area contributed by atoms with Gasteiger partial charge in [-0.2, -0.15) is 4.37 Å². The van der Waals surface area contributed by atoms with Crippen LogP contribution < -0.4 is 5.73 Å².